The number of nitrogens with zero attached hydrogens (tertiary/aromatic N) is 2. The fourth-order valence-electron chi connectivity index (χ4n) is 3.34. The summed E-state index contributed by atoms with van der Waals surface area (Å²) in [4.78, 5) is 16.8. The molecule has 1 amide bonds. The van der Waals surface area contributed by atoms with E-state index >= 15 is 0 Å². The van der Waals surface area contributed by atoms with Crippen molar-refractivity contribution in [2.24, 2.45) is 0 Å². The number of unbranched alkanes of at least 4 members (excludes halogenated alkanes) is 2. The van der Waals surface area contributed by atoms with Gasteiger partial charge in [0.2, 0.25) is 5.91 Å². The van der Waals surface area contributed by atoms with Gasteiger partial charge in [-0.15, -0.1) is 0 Å². The Hall–Kier alpha value is -0.820. The molecule has 5 nitrogen and oxygen atoms in total. The van der Waals surface area contributed by atoms with Crippen LogP contribution in [0.1, 0.15) is 44.6 Å². The summed E-state index contributed by atoms with van der Waals surface area (Å²) in [6.07, 6.45) is 4.75. The molecule has 1 aliphatic heterocycles. The summed E-state index contributed by atoms with van der Waals surface area (Å²) in [7, 11) is -3.39. The van der Waals surface area contributed by atoms with Crippen LogP contribution in [-0.2, 0) is 21.2 Å². The van der Waals surface area contributed by atoms with Gasteiger partial charge in [0.15, 0.2) is 9.84 Å². The van der Waals surface area contributed by atoms with Gasteiger partial charge < -0.3 is 9.80 Å². The van der Waals surface area contributed by atoms with Crippen LogP contribution in [0.15, 0.2) is 18.2 Å². The van der Waals surface area contributed by atoms with Crippen molar-refractivity contribution in [2.75, 3.05) is 37.7 Å². The van der Waals surface area contributed by atoms with E-state index in [4.69, 9.17) is 23.2 Å². The largest absolute Gasteiger partial charge is 0.336 e. The zero-order valence-electron chi connectivity index (χ0n) is 16.5. The maximum atomic E-state index is 12.8. The number of carbonyl (C=O) groups is 1. The highest BCUT2D eigenvalue weighted by atomic mass is 35.5. The number of benzene rings is 1. The van der Waals surface area contributed by atoms with Crippen LogP contribution in [0.5, 0.6) is 0 Å². The van der Waals surface area contributed by atoms with E-state index in [2.05, 4.69) is 4.90 Å². The Balaban J connectivity index is 2.04. The lowest BCUT2D eigenvalue weighted by atomic mass is 10.2. The number of sulfone groups is 1. The summed E-state index contributed by atoms with van der Waals surface area (Å²) in [5.41, 5.74) is 0.840. The lowest BCUT2D eigenvalue weighted by Gasteiger charge is -2.26. The molecule has 0 spiro atoms. The smallest absolute Gasteiger partial charge is 0.238 e. The predicted molar refractivity (Wildman–Crippen MR) is 116 cm³/mol. The third-order valence-corrected chi connectivity index (χ3v) is 7.33. The average molecular weight is 449 g/mol. The molecule has 8 heteroatoms. The van der Waals surface area contributed by atoms with Gasteiger partial charge in [-0.2, -0.15) is 0 Å². The fraction of sp³-hybridized carbons (Fsp3) is 0.650. The highest BCUT2D eigenvalue weighted by molar-refractivity contribution is 7.92. The first-order valence-corrected chi connectivity index (χ1v) is 12.5. The minimum Gasteiger partial charge on any atom is -0.336 e. The molecule has 1 heterocycles. The van der Waals surface area contributed by atoms with Crippen molar-refractivity contribution < 1.29 is 13.2 Å². The highest BCUT2D eigenvalue weighted by Gasteiger charge is 2.23. The van der Waals surface area contributed by atoms with Gasteiger partial charge in [-0.3, -0.25) is 4.79 Å². The summed E-state index contributed by atoms with van der Waals surface area (Å²) < 4.78 is 24.7. The third kappa shape index (κ3) is 7.90. The monoisotopic (exact) mass is 448 g/mol. The van der Waals surface area contributed by atoms with Crippen molar-refractivity contribution in [3.63, 3.8) is 0 Å². The number of carbonyl (C=O) groups excluding carboxylic acids is 1. The van der Waals surface area contributed by atoms with Gasteiger partial charge >= 0.3 is 0 Å². The minimum absolute atomic E-state index is 0.0688. The van der Waals surface area contributed by atoms with Gasteiger partial charge in [0.25, 0.3) is 0 Å². The van der Waals surface area contributed by atoms with Crippen LogP contribution in [0.2, 0.25) is 10.0 Å². The van der Waals surface area contributed by atoms with Crippen LogP contribution >= 0.6 is 23.2 Å². The Labute approximate surface area is 178 Å². The average Bonchev–Trinajstić information content (AvgIpc) is 3.14. The molecule has 0 bridgehead atoms. The van der Waals surface area contributed by atoms with E-state index in [1.807, 2.05) is 13.0 Å². The molecule has 1 aromatic carbocycles. The molecular weight excluding hydrogens is 419 g/mol. The normalized spacial score (nSPS) is 15.1. The van der Waals surface area contributed by atoms with E-state index in [1.165, 1.54) is 12.8 Å². The van der Waals surface area contributed by atoms with Gasteiger partial charge in [-0.25, -0.2) is 8.42 Å². The molecule has 1 fully saturated rings. The minimum atomic E-state index is -3.39. The zero-order valence-corrected chi connectivity index (χ0v) is 18.8. The summed E-state index contributed by atoms with van der Waals surface area (Å²) in [6.45, 7) is 5.67. The summed E-state index contributed by atoms with van der Waals surface area (Å²) in [5, 5.41) is 0.886. The van der Waals surface area contributed by atoms with Crippen LogP contribution in [0.25, 0.3) is 0 Å². The van der Waals surface area contributed by atoms with Crippen molar-refractivity contribution in [3.05, 3.63) is 33.8 Å². The molecule has 0 aromatic heterocycles. The maximum Gasteiger partial charge on any atom is 0.238 e. The van der Waals surface area contributed by atoms with Crippen LogP contribution in [0, 0.1) is 0 Å². The van der Waals surface area contributed by atoms with Gasteiger partial charge in [0.1, 0.15) is 5.75 Å². The molecule has 0 aliphatic carbocycles. The van der Waals surface area contributed by atoms with Crippen molar-refractivity contribution in [3.8, 4) is 0 Å². The summed E-state index contributed by atoms with van der Waals surface area (Å²) in [5.74, 6) is -0.709. The molecule has 1 saturated heterocycles. The predicted octanol–water partition coefficient (Wildman–Crippen LogP) is 4.02. The second-order valence-electron chi connectivity index (χ2n) is 7.41. The van der Waals surface area contributed by atoms with Crippen LogP contribution in [0.3, 0.4) is 0 Å². The number of halogens is 2. The molecule has 28 heavy (non-hydrogen) atoms. The molecule has 0 saturated carbocycles. The molecule has 158 valence electrons. The second-order valence-corrected chi connectivity index (χ2v) is 10.4. The van der Waals surface area contributed by atoms with Gasteiger partial charge in [-0.1, -0.05) is 49.0 Å². The van der Waals surface area contributed by atoms with Crippen LogP contribution in [-0.4, -0.2) is 61.8 Å². The quantitative estimate of drug-likeness (QED) is 0.479. The lowest BCUT2D eigenvalue weighted by molar-refractivity contribution is -0.129. The van der Waals surface area contributed by atoms with E-state index in [0.29, 0.717) is 29.6 Å². The number of hydrogen-bond donors (Lipinski definition) is 0. The molecular formula is C20H30Cl2N2O3S. The Bertz CT molecular complexity index is 750. The summed E-state index contributed by atoms with van der Waals surface area (Å²) >= 11 is 12.1. The van der Waals surface area contributed by atoms with Crippen molar-refractivity contribution in [1.29, 1.82) is 0 Å². The molecule has 0 atom stereocenters. The van der Waals surface area contributed by atoms with E-state index in [9.17, 15) is 13.2 Å². The Morgan fingerprint density at radius 3 is 2.50 bits per heavy atom. The summed E-state index contributed by atoms with van der Waals surface area (Å²) in [6, 6.07) is 5.25. The van der Waals surface area contributed by atoms with Gasteiger partial charge in [-0.05, 0) is 50.0 Å². The zero-order chi connectivity index (χ0) is 20.6. The maximum absolute atomic E-state index is 12.8. The topological polar surface area (TPSA) is 57.7 Å². The number of hydrogen-bond acceptors (Lipinski definition) is 4. The van der Waals surface area contributed by atoms with E-state index in [1.54, 1.807) is 17.0 Å². The Morgan fingerprint density at radius 2 is 1.86 bits per heavy atom. The van der Waals surface area contributed by atoms with E-state index in [0.717, 1.165) is 38.0 Å². The Kier molecular flexibility index (Phi) is 9.54. The molecule has 0 N–H and O–H groups in total. The van der Waals surface area contributed by atoms with Crippen LogP contribution < -0.4 is 0 Å². The first-order chi connectivity index (χ1) is 13.3. The second kappa shape index (κ2) is 11.4. The first kappa shape index (κ1) is 23.5. The molecule has 2 rings (SSSR count). The van der Waals surface area contributed by atoms with Crippen molar-refractivity contribution >= 4 is 38.9 Å². The van der Waals surface area contributed by atoms with Crippen molar-refractivity contribution in [2.45, 2.75) is 45.6 Å². The molecule has 0 unspecified atom stereocenters. The van der Waals surface area contributed by atoms with E-state index < -0.39 is 15.6 Å². The number of likely N-dealkylation sites (tertiary alicyclic amines) is 1. The van der Waals surface area contributed by atoms with Gasteiger partial charge in [0.05, 0.1) is 15.8 Å². The SMILES string of the molecule is CCCCCS(=O)(=O)CC(=O)N(CCN1CCCC1)Cc1ccc(Cl)c(Cl)c1. The van der Waals surface area contributed by atoms with Crippen molar-refractivity contribution in [1.82, 2.24) is 9.80 Å². The Morgan fingerprint density at radius 1 is 1.14 bits per heavy atom. The number of amides is 1. The molecule has 0 radical (unpaired) electrons. The molecule has 1 aromatic rings. The lowest BCUT2D eigenvalue weighted by Crippen LogP contribution is -2.40. The van der Waals surface area contributed by atoms with E-state index in [-0.39, 0.29) is 11.7 Å². The third-order valence-electron chi connectivity index (χ3n) is 5.00. The highest BCUT2D eigenvalue weighted by Crippen LogP contribution is 2.23. The first-order valence-electron chi connectivity index (χ1n) is 9.95. The number of rotatable bonds is 11. The van der Waals surface area contributed by atoms with Crippen LogP contribution in [0.4, 0.5) is 0 Å². The fourth-order valence-corrected chi connectivity index (χ4v) is 5.01. The van der Waals surface area contributed by atoms with Gasteiger partial charge in [0, 0.05) is 19.6 Å². The standard InChI is InChI=1S/C20H30Cl2N2O3S/c1-2-3-6-13-28(26,27)16-20(25)24(12-11-23-9-4-5-10-23)15-17-7-8-18(21)19(22)14-17/h7-8,14H,2-6,9-13,15-16H2,1H3. The molecule has 1 aliphatic rings.